The minimum Gasteiger partial charge on any atom is -0.455 e. The van der Waals surface area contributed by atoms with E-state index in [0.29, 0.717) is 10.2 Å². The van der Waals surface area contributed by atoms with Crippen LogP contribution in [0.1, 0.15) is 25.7 Å². The molecular weight excluding hydrogens is 368 g/mol. The highest BCUT2D eigenvalue weighted by Gasteiger charge is 2.24. The lowest BCUT2D eigenvalue weighted by atomic mass is 10.1. The minimum atomic E-state index is -0.382. The van der Waals surface area contributed by atoms with Gasteiger partial charge in [-0.25, -0.2) is 0 Å². The average Bonchev–Trinajstić information content (AvgIpc) is 3.02. The van der Waals surface area contributed by atoms with Gasteiger partial charge in [0.1, 0.15) is 5.40 Å². The van der Waals surface area contributed by atoms with Gasteiger partial charge in [-0.2, -0.15) is 5.26 Å². The van der Waals surface area contributed by atoms with Crippen LogP contribution in [0, 0.1) is 16.6 Å². The van der Waals surface area contributed by atoms with Crippen molar-refractivity contribution in [2.45, 2.75) is 30.6 Å². The van der Waals surface area contributed by atoms with Crippen LogP contribution in [-0.4, -0.2) is 18.5 Å². The summed E-state index contributed by atoms with van der Waals surface area (Å²) in [6.45, 7) is -0.281. The third kappa shape index (κ3) is 4.75. The normalized spacial score (nSPS) is 14.4. The molecule has 1 aromatic carbocycles. The highest BCUT2D eigenvalue weighted by molar-refractivity contribution is 9.10. The first-order valence-electron chi connectivity index (χ1n) is 6.92. The Morgan fingerprint density at radius 1 is 1.41 bits per heavy atom. The summed E-state index contributed by atoms with van der Waals surface area (Å²) in [5.74, 6) is -0.720. The highest BCUT2D eigenvalue weighted by Crippen LogP contribution is 2.28. The quantitative estimate of drug-likeness (QED) is 0.477. The zero-order valence-electron chi connectivity index (χ0n) is 11.8. The molecule has 1 amide bonds. The van der Waals surface area contributed by atoms with Gasteiger partial charge in [-0.3, -0.25) is 9.59 Å². The lowest BCUT2D eigenvalue weighted by Crippen LogP contribution is -2.23. The molecule has 0 aromatic heterocycles. The first-order chi connectivity index (χ1) is 10.6. The van der Waals surface area contributed by atoms with Gasteiger partial charge in [-0.1, -0.05) is 12.8 Å². The molecule has 22 heavy (non-hydrogen) atoms. The maximum absolute atomic E-state index is 11.8. The first-order valence-corrected chi connectivity index (χ1v) is 8.53. The molecule has 1 saturated carbocycles. The number of carbonyl (C=O) groups is 2. The maximum atomic E-state index is 11.8. The van der Waals surface area contributed by atoms with Crippen LogP contribution in [0.2, 0.25) is 0 Å². The second-order valence-corrected chi connectivity index (χ2v) is 6.68. The average molecular weight is 383 g/mol. The third-order valence-electron chi connectivity index (χ3n) is 3.41. The third-order valence-corrected chi connectivity index (χ3v) is 4.65. The summed E-state index contributed by atoms with van der Waals surface area (Å²) in [5.41, 5.74) is 0.573. The molecule has 0 bridgehead atoms. The topological polar surface area (TPSA) is 79.2 Å². The molecule has 1 aliphatic carbocycles. The van der Waals surface area contributed by atoms with Gasteiger partial charge in [-0.05, 0) is 58.7 Å². The van der Waals surface area contributed by atoms with E-state index in [1.807, 2.05) is 5.40 Å². The number of hydrogen-bond acceptors (Lipinski definition) is 5. The molecule has 1 N–H and O–H groups in total. The molecule has 1 fully saturated rings. The Balaban J connectivity index is 1.84. The van der Waals surface area contributed by atoms with Crippen LogP contribution < -0.4 is 5.32 Å². The Bertz CT molecular complexity index is 609. The zero-order chi connectivity index (χ0) is 15.9. The van der Waals surface area contributed by atoms with Gasteiger partial charge < -0.3 is 10.1 Å². The molecule has 0 spiro atoms. The number of benzene rings is 1. The molecule has 7 heteroatoms. The Kier molecular flexibility index (Phi) is 6.28. The van der Waals surface area contributed by atoms with E-state index < -0.39 is 0 Å². The minimum absolute atomic E-state index is 0.0539. The fourth-order valence-corrected chi connectivity index (χ4v) is 3.36. The van der Waals surface area contributed by atoms with E-state index >= 15 is 0 Å². The SMILES string of the molecule is N#CSc1ccc(NC(=O)COC(=O)C2CCCC2)c(Br)c1. The summed E-state index contributed by atoms with van der Waals surface area (Å²) >= 11 is 4.37. The summed E-state index contributed by atoms with van der Waals surface area (Å²) in [7, 11) is 0. The second kappa shape index (κ2) is 8.20. The van der Waals surface area contributed by atoms with Crippen LogP contribution in [0.25, 0.3) is 0 Å². The smallest absolute Gasteiger partial charge is 0.309 e. The van der Waals surface area contributed by atoms with Crippen molar-refractivity contribution in [3.05, 3.63) is 22.7 Å². The standard InChI is InChI=1S/C15H15BrN2O3S/c16-12-7-11(22-9-17)5-6-13(12)18-14(19)8-21-15(20)10-3-1-2-4-10/h5-7,10H,1-4,8H2,(H,18,19). The van der Waals surface area contributed by atoms with Gasteiger partial charge in [-0.15, -0.1) is 0 Å². The molecule has 0 aliphatic heterocycles. The van der Waals surface area contributed by atoms with E-state index in [0.717, 1.165) is 42.3 Å². The molecular formula is C15H15BrN2O3S. The number of anilines is 1. The van der Waals surface area contributed by atoms with Gasteiger partial charge in [0.25, 0.3) is 5.91 Å². The van der Waals surface area contributed by atoms with Crippen LogP contribution in [0.15, 0.2) is 27.6 Å². The molecule has 1 aromatic rings. The first kappa shape index (κ1) is 16.8. The Morgan fingerprint density at radius 3 is 2.77 bits per heavy atom. The number of esters is 1. The highest BCUT2D eigenvalue weighted by atomic mass is 79.9. The number of ether oxygens (including phenoxy) is 1. The fraction of sp³-hybridized carbons (Fsp3) is 0.400. The largest absolute Gasteiger partial charge is 0.455 e. The van der Waals surface area contributed by atoms with Crippen molar-refractivity contribution in [3.8, 4) is 5.40 Å². The Morgan fingerprint density at radius 2 is 2.14 bits per heavy atom. The van der Waals surface area contributed by atoms with Crippen LogP contribution in [0.4, 0.5) is 5.69 Å². The van der Waals surface area contributed by atoms with Gasteiger partial charge in [0, 0.05) is 9.37 Å². The zero-order valence-corrected chi connectivity index (χ0v) is 14.2. The number of amides is 1. The molecule has 116 valence electrons. The number of nitrogens with zero attached hydrogens (tertiary/aromatic N) is 1. The summed E-state index contributed by atoms with van der Waals surface area (Å²) in [5, 5.41) is 13.3. The molecule has 0 unspecified atom stereocenters. The predicted octanol–water partition coefficient (Wildman–Crippen LogP) is 3.69. The van der Waals surface area contributed by atoms with E-state index in [4.69, 9.17) is 10.00 Å². The van der Waals surface area contributed by atoms with Crippen molar-refractivity contribution >= 4 is 45.3 Å². The lowest BCUT2D eigenvalue weighted by Gasteiger charge is -2.11. The fourth-order valence-electron chi connectivity index (χ4n) is 2.32. The number of carbonyl (C=O) groups excluding carboxylic acids is 2. The molecule has 2 rings (SSSR count). The Labute approximate surface area is 141 Å². The Hall–Kier alpha value is -1.52. The molecule has 0 heterocycles. The molecule has 0 saturated heterocycles. The number of nitriles is 1. The van der Waals surface area contributed by atoms with Crippen LogP contribution in [0.5, 0.6) is 0 Å². The summed E-state index contributed by atoms with van der Waals surface area (Å²) in [6.07, 6.45) is 3.80. The monoisotopic (exact) mass is 382 g/mol. The van der Waals surface area contributed by atoms with Crippen molar-refractivity contribution in [2.75, 3.05) is 11.9 Å². The van der Waals surface area contributed by atoms with Gasteiger partial charge in [0.2, 0.25) is 0 Å². The van der Waals surface area contributed by atoms with Crippen molar-refractivity contribution in [1.82, 2.24) is 0 Å². The summed E-state index contributed by atoms with van der Waals surface area (Å²) in [4.78, 5) is 24.3. The van der Waals surface area contributed by atoms with E-state index in [9.17, 15) is 9.59 Å². The van der Waals surface area contributed by atoms with E-state index in [1.165, 1.54) is 0 Å². The molecule has 0 radical (unpaired) electrons. The number of hydrogen-bond donors (Lipinski definition) is 1. The van der Waals surface area contributed by atoms with Crippen molar-refractivity contribution in [2.24, 2.45) is 5.92 Å². The van der Waals surface area contributed by atoms with Crippen molar-refractivity contribution in [1.29, 1.82) is 5.26 Å². The van der Waals surface area contributed by atoms with Gasteiger partial charge in [0.15, 0.2) is 6.61 Å². The second-order valence-electron chi connectivity index (χ2n) is 4.97. The number of thiocyanates is 1. The van der Waals surface area contributed by atoms with E-state index in [-0.39, 0.29) is 24.4 Å². The van der Waals surface area contributed by atoms with Crippen molar-refractivity contribution in [3.63, 3.8) is 0 Å². The predicted molar refractivity (Wildman–Crippen MR) is 87.2 cm³/mol. The maximum Gasteiger partial charge on any atom is 0.309 e. The molecule has 5 nitrogen and oxygen atoms in total. The molecule has 1 aliphatic rings. The van der Waals surface area contributed by atoms with E-state index in [1.54, 1.807) is 18.2 Å². The number of halogens is 1. The summed E-state index contributed by atoms with van der Waals surface area (Å²) < 4.78 is 5.72. The van der Waals surface area contributed by atoms with Crippen molar-refractivity contribution < 1.29 is 14.3 Å². The number of nitrogens with one attached hydrogen (secondary N) is 1. The van der Waals surface area contributed by atoms with Crippen LogP contribution in [0.3, 0.4) is 0 Å². The summed E-state index contributed by atoms with van der Waals surface area (Å²) in [6, 6.07) is 5.17. The van der Waals surface area contributed by atoms with Gasteiger partial charge >= 0.3 is 5.97 Å². The number of rotatable bonds is 5. The van der Waals surface area contributed by atoms with Crippen LogP contribution in [-0.2, 0) is 14.3 Å². The van der Waals surface area contributed by atoms with Crippen LogP contribution >= 0.6 is 27.7 Å². The number of thioether (sulfide) groups is 1. The lowest BCUT2D eigenvalue weighted by molar-refractivity contribution is -0.151. The van der Waals surface area contributed by atoms with Gasteiger partial charge in [0.05, 0.1) is 11.6 Å². The van der Waals surface area contributed by atoms with E-state index in [2.05, 4.69) is 21.2 Å². The molecule has 0 atom stereocenters.